The first-order valence-electron chi connectivity index (χ1n) is 7.92. The van der Waals surface area contributed by atoms with Crippen molar-refractivity contribution in [1.82, 2.24) is 24.7 Å². The van der Waals surface area contributed by atoms with Gasteiger partial charge in [-0.3, -0.25) is 0 Å². The van der Waals surface area contributed by atoms with Crippen LogP contribution in [0.2, 0.25) is 0 Å². The summed E-state index contributed by atoms with van der Waals surface area (Å²) >= 11 is 0. The quantitative estimate of drug-likeness (QED) is 0.627. The first-order valence-corrected chi connectivity index (χ1v) is 7.92. The lowest BCUT2D eigenvalue weighted by atomic mass is 10.1. The van der Waals surface area contributed by atoms with E-state index >= 15 is 0 Å². The van der Waals surface area contributed by atoms with E-state index in [1.165, 1.54) is 0 Å². The first-order chi connectivity index (χ1) is 11.9. The summed E-state index contributed by atoms with van der Waals surface area (Å²) in [6.07, 6.45) is 2.56. The van der Waals surface area contributed by atoms with E-state index < -0.39 is 0 Å². The van der Waals surface area contributed by atoms with Gasteiger partial charge in [0.1, 0.15) is 0 Å². The molecule has 4 aromatic rings. The van der Waals surface area contributed by atoms with Gasteiger partial charge in [-0.1, -0.05) is 12.1 Å². The molecule has 1 unspecified atom stereocenters. The summed E-state index contributed by atoms with van der Waals surface area (Å²) in [6.45, 7) is 1.40. The lowest BCUT2D eigenvalue weighted by Gasteiger charge is -1.99. The van der Waals surface area contributed by atoms with Gasteiger partial charge in [0.25, 0.3) is 0 Å². The Balaban J connectivity index is 1.67. The third kappa shape index (κ3) is 2.13. The number of hydrogen-bond acceptors (Lipinski definition) is 5. The van der Waals surface area contributed by atoms with Crippen LogP contribution in [0.3, 0.4) is 0 Å². The zero-order chi connectivity index (χ0) is 15.9. The highest BCUT2D eigenvalue weighted by Crippen LogP contribution is 2.27. The smallest absolute Gasteiger partial charge is 0.231 e. The van der Waals surface area contributed by atoms with Gasteiger partial charge in [-0.05, 0) is 30.7 Å². The third-order valence-electron chi connectivity index (χ3n) is 4.24. The fourth-order valence-electron chi connectivity index (χ4n) is 2.99. The molecule has 7 nitrogen and oxygen atoms in total. The zero-order valence-electron chi connectivity index (χ0n) is 12.8. The van der Waals surface area contributed by atoms with Crippen LogP contribution >= 0.6 is 0 Å². The molecule has 0 saturated carbocycles. The first kappa shape index (κ1) is 13.5. The molecule has 1 aliphatic rings. The van der Waals surface area contributed by atoms with E-state index in [1.807, 2.05) is 36.4 Å². The van der Waals surface area contributed by atoms with Gasteiger partial charge in [0.05, 0.1) is 23.9 Å². The highest BCUT2D eigenvalue weighted by atomic mass is 16.5. The lowest BCUT2D eigenvalue weighted by Crippen LogP contribution is -2.04. The number of aromatic nitrogens is 5. The molecule has 5 rings (SSSR count). The van der Waals surface area contributed by atoms with E-state index in [9.17, 15) is 0 Å². The van der Waals surface area contributed by atoms with Crippen LogP contribution in [0, 0.1) is 0 Å². The molecular formula is C17H15N5O2. The molecule has 24 heavy (non-hydrogen) atoms. The van der Waals surface area contributed by atoms with Gasteiger partial charge in [-0.2, -0.15) is 4.68 Å². The molecule has 0 radical (unpaired) electrons. The molecule has 0 spiro atoms. The van der Waals surface area contributed by atoms with Crippen LogP contribution in [-0.4, -0.2) is 37.9 Å². The summed E-state index contributed by atoms with van der Waals surface area (Å²) < 4.78 is 12.7. The van der Waals surface area contributed by atoms with Crippen LogP contribution in [0.5, 0.6) is 0 Å². The summed E-state index contributed by atoms with van der Waals surface area (Å²) in [5.41, 5.74) is 1.85. The Morgan fingerprint density at radius 2 is 2.08 bits per heavy atom. The summed E-state index contributed by atoms with van der Waals surface area (Å²) in [5, 5.41) is 4.69. The van der Waals surface area contributed by atoms with Crippen LogP contribution in [0.4, 0.5) is 0 Å². The van der Waals surface area contributed by atoms with Crippen LogP contribution in [0.1, 0.15) is 18.2 Å². The maximum absolute atomic E-state index is 5.54. The van der Waals surface area contributed by atoms with Gasteiger partial charge < -0.3 is 14.1 Å². The van der Waals surface area contributed by atoms with E-state index in [4.69, 9.17) is 14.1 Å². The van der Waals surface area contributed by atoms with E-state index in [1.54, 1.807) is 10.9 Å². The molecule has 1 saturated heterocycles. The second-order valence-electron chi connectivity index (χ2n) is 5.82. The van der Waals surface area contributed by atoms with Crippen molar-refractivity contribution in [3.8, 4) is 17.5 Å². The number of nitrogens with one attached hydrogen (secondary N) is 1. The number of aromatic amines is 1. The number of para-hydroxylation sites is 2. The fourth-order valence-corrected chi connectivity index (χ4v) is 2.99. The number of furan rings is 1. The fraction of sp³-hybridized carbons (Fsp3) is 0.235. The van der Waals surface area contributed by atoms with Gasteiger partial charge >= 0.3 is 0 Å². The molecule has 120 valence electrons. The molecular weight excluding hydrogens is 306 g/mol. The molecule has 1 aromatic carbocycles. The number of hydrogen-bond donors (Lipinski definition) is 1. The van der Waals surface area contributed by atoms with Crippen molar-refractivity contribution in [2.45, 2.75) is 12.3 Å². The Labute approximate surface area is 137 Å². The number of benzene rings is 1. The van der Waals surface area contributed by atoms with Crippen LogP contribution in [0.25, 0.3) is 28.6 Å². The Bertz CT molecular complexity index is 947. The standard InChI is InChI=1S/C17H15N5O2/c1-2-5-13-12(4-1)18-17(19-13)22-16(14-6-3-8-24-14)20-15(21-22)11-7-9-23-10-11/h1-6,8,11H,7,9-10H2,(H,18,19). The molecule has 1 aliphatic heterocycles. The van der Waals surface area contributed by atoms with Crippen molar-refractivity contribution in [2.24, 2.45) is 0 Å². The van der Waals surface area contributed by atoms with E-state index in [0.29, 0.717) is 24.1 Å². The summed E-state index contributed by atoms with van der Waals surface area (Å²) in [4.78, 5) is 12.6. The Morgan fingerprint density at radius 1 is 1.12 bits per heavy atom. The second-order valence-corrected chi connectivity index (χ2v) is 5.82. The van der Waals surface area contributed by atoms with Gasteiger partial charge in [-0.15, -0.1) is 5.10 Å². The van der Waals surface area contributed by atoms with Crippen molar-refractivity contribution in [3.63, 3.8) is 0 Å². The molecule has 1 fully saturated rings. The SMILES string of the molecule is c1coc(-c2nc(C3CCOC3)nn2-c2nc3ccccc3[nH]2)c1. The zero-order valence-corrected chi connectivity index (χ0v) is 12.8. The van der Waals surface area contributed by atoms with Crippen LogP contribution in [-0.2, 0) is 4.74 Å². The van der Waals surface area contributed by atoms with E-state index in [-0.39, 0.29) is 5.92 Å². The molecule has 4 heterocycles. The molecule has 0 aliphatic carbocycles. The van der Waals surface area contributed by atoms with Gasteiger partial charge in [0.2, 0.25) is 11.8 Å². The van der Waals surface area contributed by atoms with Gasteiger partial charge in [-0.25, -0.2) is 9.97 Å². The third-order valence-corrected chi connectivity index (χ3v) is 4.24. The Hall–Kier alpha value is -2.93. The highest BCUT2D eigenvalue weighted by molar-refractivity contribution is 5.76. The minimum Gasteiger partial charge on any atom is -0.461 e. The summed E-state index contributed by atoms with van der Waals surface area (Å²) in [5.74, 6) is 2.90. The molecule has 0 amide bonds. The average molecular weight is 321 g/mol. The predicted molar refractivity (Wildman–Crippen MR) is 86.9 cm³/mol. The normalized spacial score (nSPS) is 17.8. The number of imidazole rings is 1. The Kier molecular flexibility index (Phi) is 2.99. The van der Waals surface area contributed by atoms with Crippen molar-refractivity contribution in [2.75, 3.05) is 13.2 Å². The minimum atomic E-state index is 0.212. The maximum Gasteiger partial charge on any atom is 0.231 e. The van der Waals surface area contributed by atoms with Crippen molar-refractivity contribution in [1.29, 1.82) is 0 Å². The van der Waals surface area contributed by atoms with Crippen molar-refractivity contribution < 1.29 is 9.15 Å². The van der Waals surface area contributed by atoms with E-state index in [0.717, 1.165) is 29.9 Å². The monoisotopic (exact) mass is 321 g/mol. The van der Waals surface area contributed by atoms with E-state index in [2.05, 4.69) is 15.1 Å². The highest BCUT2D eigenvalue weighted by Gasteiger charge is 2.26. The Morgan fingerprint density at radius 3 is 2.88 bits per heavy atom. The predicted octanol–water partition coefficient (Wildman–Crippen LogP) is 2.91. The second kappa shape index (κ2) is 5.31. The van der Waals surface area contributed by atoms with Gasteiger partial charge in [0, 0.05) is 12.5 Å². The maximum atomic E-state index is 5.54. The molecule has 0 bridgehead atoms. The summed E-state index contributed by atoms with van der Waals surface area (Å²) in [6, 6.07) is 11.6. The summed E-state index contributed by atoms with van der Waals surface area (Å²) in [7, 11) is 0. The van der Waals surface area contributed by atoms with Crippen LogP contribution < -0.4 is 0 Å². The van der Waals surface area contributed by atoms with Crippen molar-refractivity contribution in [3.05, 3.63) is 48.5 Å². The molecule has 3 aromatic heterocycles. The number of nitrogens with zero attached hydrogens (tertiary/aromatic N) is 4. The largest absolute Gasteiger partial charge is 0.461 e. The molecule has 1 N–H and O–H groups in total. The number of fused-ring (bicyclic) bond motifs is 1. The number of rotatable bonds is 3. The molecule has 7 heteroatoms. The average Bonchev–Trinajstić information content (AvgIpc) is 3.40. The van der Waals surface area contributed by atoms with Crippen LogP contribution in [0.15, 0.2) is 47.1 Å². The minimum absolute atomic E-state index is 0.212. The number of H-pyrrole nitrogens is 1. The number of ether oxygens (including phenoxy) is 1. The molecule has 1 atom stereocenters. The topological polar surface area (TPSA) is 81.8 Å². The van der Waals surface area contributed by atoms with Crippen molar-refractivity contribution >= 4 is 11.0 Å². The lowest BCUT2D eigenvalue weighted by molar-refractivity contribution is 0.193. The van der Waals surface area contributed by atoms with Gasteiger partial charge in [0.15, 0.2) is 11.6 Å².